The first-order valence-corrected chi connectivity index (χ1v) is 8.89. The minimum absolute atomic E-state index is 0.399. The monoisotopic (exact) mass is 377 g/mol. The van der Waals surface area contributed by atoms with Crippen LogP contribution in [0.25, 0.3) is 0 Å². The summed E-state index contributed by atoms with van der Waals surface area (Å²) >= 11 is 0. The molecule has 0 amide bonds. The zero-order valence-corrected chi connectivity index (χ0v) is 14.6. The molecule has 0 saturated heterocycles. The predicted molar refractivity (Wildman–Crippen MR) is 92.6 cm³/mol. The fourth-order valence-corrected chi connectivity index (χ4v) is 3.17. The first-order valence-electron chi connectivity index (χ1n) is 7.80. The van der Waals surface area contributed by atoms with Gasteiger partial charge in [0.15, 0.2) is 12.2 Å². The first-order chi connectivity index (χ1) is 12.5. The molecule has 2 N–H and O–H groups in total. The van der Waals surface area contributed by atoms with Crippen LogP contribution in [-0.4, -0.2) is 22.2 Å². The summed E-state index contributed by atoms with van der Waals surface area (Å²) in [5.74, 6) is -2.24. The van der Waals surface area contributed by atoms with Gasteiger partial charge in [-0.1, -0.05) is 60.7 Å². The smallest absolute Gasteiger partial charge is 0.481 e. The Hall–Kier alpha value is -2.60. The molecule has 2 rings (SSSR count). The van der Waals surface area contributed by atoms with Gasteiger partial charge in [0.2, 0.25) is 0 Å². The summed E-state index contributed by atoms with van der Waals surface area (Å²) in [6.07, 6.45) is -2.75. The molecular weight excluding hydrogens is 359 g/mol. The highest BCUT2D eigenvalue weighted by atomic mass is 31.1. The van der Waals surface area contributed by atoms with Crippen molar-refractivity contribution in [2.24, 2.45) is 0 Å². The van der Waals surface area contributed by atoms with Crippen molar-refractivity contribution in [1.29, 1.82) is 0 Å². The molecule has 0 aliphatic rings. The van der Waals surface area contributed by atoms with Crippen LogP contribution in [0.15, 0.2) is 60.7 Å². The van der Waals surface area contributed by atoms with Crippen LogP contribution < -0.4 is 0 Å². The predicted octanol–water partition coefficient (Wildman–Crippen LogP) is 4.11. The van der Waals surface area contributed by atoms with E-state index in [1.165, 1.54) is 0 Å². The second-order valence-electron chi connectivity index (χ2n) is 5.43. The lowest BCUT2D eigenvalue weighted by molar-refractivity contribution is -0.139. The molecule has 2 aromatic carbocycles. The Labute approximate surface area is 151 Å². The fourth-order valence-electron chi connectivity index (χ4n) is 2.32. The number of carboxylic acid groups (broad SMARTS) is 2. The Morgan fingerprint density at radius 1 is 0.769 bits per heavy atom. The van der Waals surface area contributed by atoms with Gasteiger partial charge in [0.1, 0.15) is 0 Å². The van der Waals surface area contributed by atoms with Crippen LogP contribution >= 0.6 is 8.25 Å². The molecule has 136 valence electrons. The van der Waals surface area contributed by atoms with Gasteiger partial charge in [-0.2, -0.15) is 0 Å². The maximum absolute atomic E-state index is 12.3. The molecule has 0 saturated carbocycles. The van der Waals surface area contributed by atoms with Gasteiger partial charge >= 0.3 is 20.2 Å². The van der Waals surface area contributed by atoms with Gasteiger partial charge in [0.25, 0.3) is 0 Å². The molecule has 7 nitrogen and oxygen atoms in total. The highest BCUT2D eigenvalue weighted by Gasteiger charge is 2.35. The maximum Gasteiger partial charge on any atom is 0.698 e. The van der Waals surface area contributed by atoms with Crippen LogP contribution in [0.5, 0.6) is 0 Å². The standard InChI is InChI=1S/C18H17O7P/c19-17(20)11-15(13-7-3-1-4-8-13)24-26(23)25-16(12-18(21)22)14-9-5-2-6-10-14/h1-10,15-16H,11-12H2,(H-,19,20,21,22)/p+1. The minimum atomic E-state index is -2.74. The Bertz CT molecular complexity index is 685. The van der Waals surface area contributed by atoms with Gasteiger partial charge in [-0.3, -0.25) is 9.59 Å². The number of hydrogen-bond acceptors (Lipinski definition) is 5. The zero-order valence-electron chi connectivity index (χ0n) is 13.7. The highest BCUT2D eigenvalue weighted by molar-refractivity contribution is 7.33. The van der Waals surface area contributed by atoms with E-state index in [-0.39, 0.29) is 0 Å². The van der Waals surface area contributed by atoms with Crippen molar-refractivity contribution in [3.05, 3.63) is 71.8 Å². The van der Waals surface area contributed by atoms with Gasteiger partial charge < -0.3 is 10.2 Å². The fraction of sp³-hybridized carbons (Fsp3) is 0.222. The molecule has 0 aliphatic carbocycles. The van der Waals surface area contributed by atoms with E-state index in [4.69, 9.17) is 19.3 Å². The molecule has 0 fully saturated rings. The molecule has 0 spiro atoms. The zero-order chi connectivity index (χ0) is 18.9. The van der Waals surface area contributed by atoms with Crippen molar-refractivity contribution in [2.75, 3.05) is 0 Å². The lowest BCUT2D eigenvalue weighted by Crippen LogP contribution is -2.10. The summed E-state index contributed by atoms with van der Waals surface area (Å²) in [6.45, 7) is 0. The second-order valence-corrected chi connectivity index (χ2v) is 6.30. The number of carboxylic acids is 2. The molecule has 0 aromatic heterocycles. The van der Waals surface area contributed by atoms with Crippen molar-refractivity contribution in [3.8, 4) is 0 Å². The van der Waals surface area contributed by atoms with E-state index in [9.17, 15) is 14.2 Å². The number of benzene rings is 2. The topological polar surface area (TPSA) is 110 Å². The Morgan fingerprint density at radius 2 is 1.12 bits per heavy atom. The maximum atomic E-state index is 12.3. The van der Waals surface area contributed by atoms with E-state index in [2.05, 4.69) is 0 Å². The van der Waals surface area contributed by atoms with Crippen LogP contribution in [0.3, 0.4) is 0 Å². The Morgan fingerprint density at radius 3 is 1.42 bits per heavy atom. The van der Waals surface area contributed by atoms with Crippen molar-refractivity contribution in [3.63, 3.8) is 0 Å². The molecule has 0 radical (unpaired) electrons. The molecule has 2 unspecified atom stereocenters. The summed E-state index contributed by atoms with van der Waals surface area (Å²) in [4.78, 5) is 22.1. The molecule has 26 heavy (non-hydrogen) atoms. The van der Waals surface area contributed by atoms with E-state index in [0.29, 0.717) is 11.1 Å². The third-order valence-electron chi connectivity index (χ3n) is 3.49. The normalized spacial score (nSPS) is 13.6. The lowest BCUT2D eigenvalue weighted by atomic mass is 10.1. The SMILES string of the molecule is O=C(O)CC(O[P+](=O)OC(CC(=O)O)c1ccccc1)c1ccccc1. The van der Waals surface area contributed by atoms with E-state index in [1.54, 1.807) is 60.7 Å². The van der Waals surface area contributed by atoms with Crippen LogP contribution in [0.1, 0.15) is 36.2 Å². The number of rotatable bonds is 10. The average Bonchev–Trinajstić information content (AvgIpc) is 2.61. The Kier molecular flexibility index (Phi) is 7.41. The lowest BCUT2D eigenvalue weighted by Gasteiger charge is -2.11. The highest BCUT2D eigenvalue weighted by Crippen LogP contribution is 2.40. The van der Waals surface area contributed by atoms with Crippen molar-refractivity contribution in [1.82, 2.24) is 0 Å². The van der Waals surface area contributed by atoms with Gasteiger partial charge in [-0.05, 0) is 11.1 Å². The second kappa shape index (κ2) is 9.77. The summed E-state index contributed by atoms with van der Waals surface area (Å²) in [6, 6.07) is 17.0. The van der Waals surface area contributed by atoms with Gasteiger partial charge in [0, 0.05) is 4.57 Å². The van der Waals surface area contributed by atoms with E-state index in [1.807, 2.05) is 0 Å². The minimum Gasteiger partial charge on any atom is -0.481 e. The molecule has 0 aliphatic heterocycles. The van der Waals surface area contributed by atoms with Crippen molar-refractivity contribution in [2.45, 2.75) is 25.0 Å². The van der Waals surface area contributed by atoms with Crippen molar-refractivity contribution < 1.29 is 33.4 Å². The summed E-state index contributed by atoms with van der Waals surface area (Å²) in [7, 11) is -2.74. The molecular formula is C18H18O7P+. The molecule has 8 heteroatoms. The van der Waals surface area contributed by atoms with Crippen LogP contribution in [-0.2, 0) is 23.2 Å². The van der Waals surface area contributed by atoms with Crippen LogP contribution in [0, 0.1) is 0 Å². The summed E-state index contributed by atoms with van der Waals surface area (Å²) < 4.78 is 22.9. The average molecular weight is 377 g/mol. The molecule has 2 atom stereocenters. The molecule has 2 aromatic rings. The van der Waals surface area contributed by atoms with E-state index < -0.39 is 45.2 Å². The summed E-state index contributed by atoms with van der Waals surface area (Å²) in [5.41, 5.74) is 1.08. The van der Waals surface area contributed by atoms with Crippen molar-refractivity contribution >= 4 is 20.2 Å². The number of aliphatic carboxylic acids is 2. The quantitative estimate of drug-likeness (QED) is 0.600. The van der Waals surface area contributed by atoms with Gasteiger partial charge in [-0.15, -0.1) is 9.05 Å². The number of hydrogen-bond donors (Lipinski definition) is 2. The van der Waals surface area contributed by atoms with Gasteiger partial charge in [0.05, 0.1) is 12.8 Å². The van der Waals surface area contributed by atoms with Gasteiger partial charge in [-0.25, -0.2) is 0 Å². The van der Waals surface area contributed by atoms with E-state index >= 15 is 0 Å². The largest absolute Gasteiger partial charge is 0.698 e. The first kappa shape index (κ1) is 19.7. The Balaban J connectivity index is 2.11. The van der Waals surface area contributed by atoms with Crippen LogP contribution in [0.2, 0.25) is 0 Å². The third-order valence-corrected chi connectivity index (χ3v) is 4.34. The summed E-state index contributed by atoms with van der Waals surface area (Å²) in [5, 5.41) is 18.1. The molecule has 0 heterocycles. The van der Waals surface area contributed by atoms with E-state index in [0.717, 1.165) is 0 Å². The van der Waals surface area contributed by atoms with Crippen LogP contribution in [0.4, 0.5) is 0 Å². The third kappa shape index (κ3) is 6.37. The number of carbonyl (C=O) groups is 2. The molecule has 0 bridgehead atoms.